The SMILES string of the molecule is Cc1sc(S(=O)(=O)NC(C)c2cccnc2)cc1[N+](=O)[O-]. The summed E-state index contributed by atoms with van der Waals surface area (Å²) >= 11 is 0.879. The minimum atomic E-state index is -3.81. The van der Waals surface area contributed by atoms with Crippen LogP contribution in [0.25, 0.3) is 0 Å². The Bertz CT molecular complexity index is 756. The maximum Gasteiger partial charge on any atom is 0.284 e. The highest BCUT2D eigenvalue weighted by Crippen LogP contribution is 2.31. The van der Waals surface area contributed by atoms with Crippen LogP contribution >= 0.6 is 11.3 Å². The zero-order valence-electron chi connectivity index (χ0n) is 11.3. The van der Waals surface area contributed by atoms with Crippen molar-refractivity contribution in [3.05, 3.63) is 51.1 Å². The van der Waals surface area contributed by atoms with Crippen molar-refractivity contribution in [3.63, 3.8) is 0 Å². The second-order valence-electron chi connectivity index (χ2n) is 4.39. The summed E-state index contributed by atoms with van der Waals surface area (Å²) in [7, 11) is -3.81. The number of pyridine rings is 1. The molecule has 0 saturated carbocycles. The zero-order chi connectivity index (χ0) is 15.6. The van der Waals surface area contributed by atoms with Crippen LogP contribution in [0.4, 0.5) is 5.69 Å². The van der Waals surface area contributed by atoms with Gasteiger partial charge in [-0.15, -0.1) is 11.3 Å². The van der Waals surface area contributed by atoms with Gasteiger partial charge in [-0.25, -0.2) is 13.1 Å². The van der Waals surface area contributed by atoms with E-state index in [9.17, 15) is 18.5 Å². The first-order valence-electron chi connectivity index (χ1n) is 5.98. The van der Waals surface area contributed by atoms with Gasteiger partial charge >= 0.3 is 0 Å². The van der Waals surface area contributed by atoms with Gasteiger partial charge in [0.25, 0.3) is 15.7 Å². The molecule has 112 valence electrons. The van der Waals surface area contributed by atoms with Crippen LogP contribution in [0.2, 0.25) is 0 Å². The highest BCUT2D eigenvalue weighted by Gasteiger charge is 2.25. The van der Waals surface area contributed by atoms with Crippen molar-refractivity contribution in [1.82, 2.24) is 9.71 Å². The number of aryl methyl sites for hydroxylation is 1. The van der Waals surface area contributed by atoms with Crippen LogP contribution in [0.1, 0.15) is 23.4 Å². The standard InChI is InChI=1S/C12H13N3O4S2/c1-8(10-4-3-5-13-7-10)14-21(18,19)12-6-11(15(16)17)9(2)20-12/h3-8,14H,1-2H3. The number of rotatable bonds is 5. The molecule has 0 spiro atoms. The summed E-state index contributed by atoms with van der Waals surface area (Å²) in [5.74, 6) is 0. The van der Waals surface area contributed by atoms with Crippen LogP contribution in [0.3, 0.4) is 0 Å². The quantitative estimate of drug-likeness (QED) is 0.671. The van der Waals surface area contributed by atoms with Gasteiger partial charge in [0.15, 0.2) is 0 Å². The third kappa shape index (κ3) is 3.43. The molecule has 2 aromatic heterocycles. The molecule has 0 amide bonds. The van der Waals surface area contributed by atoms with Gasteiger partial charge in [0.2, 0.25) is 0 Å². The lowest BCUT2D eigenvalue weighted by Gasteiger charge is -2.12. The molecule has 1 unspecified atom stereocenters. The monoisotopic (exact) mass is 327 g/mol. The average Bonchev–Trinajstić information content (AvgIpc) is 2.82. The Balaban J connectivity index is 2.27. The predicted molar refractivity (Wildman–Crippen MR) is 78.7 cm³/mol. The summed E-state index contributed by atoms with van der Waals surface area (Å²) in [6, 6.07) is 4.06. The molecule has 2 rings (SSSR count). The number of nitro groups is 1. The Hall–Kier alpha value is -1.84. The summed E-state index contributed by atoms with van der Waals surface area (Å²) < 4.78 is 26.9. The average molecular weight is 327 g/mol. The molecule has 0 aromatic carbocycles. The summed E-state index contributed by atoms with van der Waals surface area (Å²) in [6.07, 6.45) is 3.16. The molecule has 21 heavy (non-hydrogen) atoms. The van der Waals surface area contributed by atoms with E-state index in [1.165, 1.54) is 6.92 Å². The van der Waals surface area contributed by atoms with Crippen LogP contribution < -0.4 is 4.72 Å². The van der Waals surface area contributed by atoms with Crippen molar-refractivity contribution in [1.29, 1.82) is 0 Å². The second kappa shape index (κ2) is 5.88. The first kappa shape index (κ1) is 15.5. The molecule has 0 radical (unpaired) electrons. The van der Waals surface area contributed by atoms with Crippen molar-refractivity contribution >= 4 is 27.0 Å². The molecule has 2 aromatic rings. The van der Waals surface area contributed by atoms with E-state index in [0.29, 0.717) is 10.4 Å². The molecule has 1 N–H and O–H groups in total. The predicted octanol–water partition coefficient (Wildman–Crippen LogP) is 2.40. The fourth-order valence-electron chi connectivity index (χ4n) is 1.75. The highest BCUT2D eigenvalue weighted by molar-refractivity contribution is 7.91. The van der Waals surface area contributed by atoms with E-state index in [2.05, 4.69) is 9.71 Å². The van der Waals surface area contributed by atoms with Crippen molar-refractivity contribution in [2.24, 2.45) is 0 Å². The second-order valence-corrected chi connectivity index (χ2v) is 7.59. The van der Waals surface area contributed by atoms with Crippen molar-refractivity contribution < 1.29 is 13.3 Å². The zero-order valence-corrected chi connectivity index (χ0v) is 12.9. The minimum absolute atomic E-state index is 0.0672. The summed E-state index contributed by atoms with van der Waals surface area (Å²) in [6.45, 7) is 3.20. The van der Waals surface area contributed by atoms with Crippen LogP contribution in [0.5, 0.6) is 0 Å². The van der Waals surface area contributed by atoms with Gasteiger partial charge in [0.05, 0.1) is 9.80 Å². The topological polar surface area (TPSA) is 102 Å². The maximum atomic E-state index is 12.3. The lowest BCUT2D eigenvalue weighted by molar-refractivity contribution is -0.385. The van der Waals surface area contributed by atoms with Gasteiger partial charge < -0.3 is 0 Å². The minimum Gasteiger partial charge on any atom is -0.264 e. The fraction of sp³-hybridized carbons (Fsp3) is 0.250. The number of nitrogens with zero attached hydrogens (tertiary/aromatic N) is 2. The van der Waals surface area contributed by atoms with E-state index in [1.807, 2.05) is 0 Å². The molecule has 0 aliphatic heterocycles. The van der Waals surface area contributed by atoms with Gasteiger partial charge in [-0.3, -0.25) is 15.1 Å². The Labute approximate surface area is 125 Å². The van der Waals surface area contributed by atoms with E-state index >= 15 is 0 Å². The molecule has 0 bridgehead atoms. The van der Waals surface area contributed by atoms with Crippen LogP contribution in [0, 0.1) is 17.0 Å². The van der Waals surface area contributed by atoms with Crippen LogP contribution in [-0.4, -0.2) is 18.3 Å². The molecular formula is C12H13N3O4S2. The normalized spacial score (nSPS) is 13.0. The Kier molecular flexibility index (Phi) is 4.35. The third-order valence-electron chi connectivity index (χ3n) is 2.85. The van der Waals surface area contributed by atoms with Gasteiger partial charge in [-0.2, -0.15) is 0 Å². The molecule has 0 fully saturated rings. The number of hydrogen-bond acceptors (Lipinski definition) is 6. The third-order valence-corrected chi connectivity index (χ3v) is 5.90. The van der Waals surface area contributed by atoms with Crippen molar-refractivity contribution in [2.75, 3.05) is 0 Å². The Morgan fingerprint density at radius 3 is 2.71 bits per heavy atom. The van der Waals surface area contributed by atoms with E-state index in [4.69, 9.17) is 0 Å². The number of thiophene rings is 1. The van der Waals surface area contributed by atoms with Crippen LogP contribution in [-0.2, 0) is 10.0 Å². The van der Waals surface area contributed by atoms with Gasteiger partial charge in [0.1, 0.15) is 4.21 Å². The first-order valence-corrected chi connectivity index (χ1v) is 8.28. The summed E-state index contributed by atoms with van der Waals surface area (Å²) in [4.78, 5) is 14.5. The number of sulfonamides is 1. The van der Waals surface area contributed by atoms with Crippen LogP contribution in [0.15, 0.2) is 34.8 Å². The largest absolute Gasteiger partial charge is 0.284 e. The fourth-order valence-corrected chi connectivity index (χ4v) is 4.40. The number of nitrogens with one attached hydrogen (secondary N) is 1. The van der Waals surface area contributed by atoms with E-state index in [0.717, 1.165) is 17.4 Å². The number of hydrogen-bond donors (Lipinski definition) is 1. The maximum absolute atomic E-state index is 12.3. The highest BCUT2D eigenvalue weighted by atomic mass is 32.2. The van der Waals surface area contributed by atoms with Gasteiger partial charge in [-0.05, 0) is 25.5 Å². The van der Waals surface area contributed by atoms with E-state index < -0.39 is 21.0 Å². The molecule has 1 atom stereocenters. The Morgan fingerprint density at radius 1 is 1.48 bits per heavy atom. The van der Waals surface area contributed by atoms with Crippen molar-refractivity contribution in [2.45, 2.75) is 24.1 Å². The smallest absolute Gasteiger partial charge is 0.264 e. The molecule has 7 nitrogen and oxygen atoms in total. The van der Waals surface area contributed by atoms with E-state index in [-0.39, 0.29) is 9.90 Å². The number of aromatic nitrogens is 1. The van der Waals surface area contributed by atoms with Crippen molar-refractivity contribution in [3.8, 4) is 0 Å². The lowest BCUT2D eigenvalue weighted by Crippen LogP contribution is -2.26. The van der Waals surface area contributed by atoms with Gasteiger partial charge in [0, 0.05) is 24.5 Å². The molecule has 2 heterocycles. The molecule has 9 heteroatoms. The van der Waals surface area contributed by atoms with Gasteiger partial charge in [-0.1, -0.05) is 6.07 Å². The molecule has 0 aliphatic rings. The Morgan fingerprint density at radius 2 is 2.19 bits per heavy atom. The first-order chi connectivity index (χ1) is 9.81. The molecular weight excluding hydrogens is 314 g/mol. The summed E-state index contributed by atoms with van der Waals surface area (Å²) in [5, 5.41) is 10.8. The summed E-state index contributed by atoms with van der Waals surface area (Å²) in [5.41, 5.74) is 0.526. The lowest BCUT2D eigenvalue weighted by atomic mass is 10.2. The molecule has 0 saturated heterocycles. The van der Waals surface area contributed by atoms with E-state index in [1.54, 1.807) is 31.5 Å². The molecule has 0 aliphatic carbocycles.